The van der Waals surface area contributed by atoms with Crippen LogP contribution in [0.3, 0.4) is 0 Å². The van der Waals surface area contributed by atoms with Crippen LogP contribution in [0.2, 0.25) is 0 Å². The zero-order chi connectivity index (χ0) is 12.3. The van der Waals surface area contributed by atoms with Crippen LogP contribution in [0.4, 0.5) is 0 Å². The van der Waals surface area contributed by atoms with Gasteiger partial charge in [0.25, 0.3) is 0 Å². The first-order valence-electron chi connectivity index (χ1n) is 6.00. The van der Waals surface area contributed by atoms with Crippen LogP contribution in [0.5, 0.6) is 0 Å². The number of amides is 1. The molecule has 0 bridgehead atoms. The summed E-state index contributed by atoms with van der Waals surface area (Å²) in [7, 11) is 0. The van der Waals surface area contributed by atoms with Gasteiger partial charge in [-0.1, -0.05) is 6.08 Å². The number of carbonyl (C=O) groups excluding carboxylic acids is 1. The SMILES string of the molecule is C/C=C(\C)C(=O)N1CCCC(C(C)(C)O)C1. The third-order valence-corrected chi connectivity index (χ3v) is 3.48. The van der Waals surface area contributed by atoms with E-state index < -0.39 is 5.60 Å². The van der Waals surface area contributed by atoms with Gasteiger partial charge in [0.05, 0.1) is 5.60 Å². The number of likely N-dealkylation sites (tertiary alicyclic amines) is 1. The number of hydrogen-bond donors (Lipinski definition) is 1. The van der Waals surface area contributed by atoms with Crippen LogP contribution < -0.4 is 0 Å². The minimum Gasteiger partial charge on any atom is -0.390 e. The van der Waals surface area contributed by atoms with Crippen molar-refractivity contribution < 1.29 is 9.90 Å². The van der Waals surface area contributed by atoms with E-state index in [2.05, 4.69) is 0 Å². The highest BCUT2D eigenvalue weighted by Crippen LogP contribution is 2.27. The van der Waals surface area contributed by atoms with Crippen LogP contribution in [0, 0.1) is 5.92 Å². The molecule has 1 N–H and O–H groups in total. The van der Waals surface area contributed by atoms with Crippen molar-refractivity contribution in [2.45, 2.75) is 46.1 Å². The standard InChI is InChI=1S/C13H23NO2/c1-5-10(2)12(15)14-8-6-7-11(9-14)13(3,4)16/h5,11,16H,6-9H2,1-4H3/b10-5+. The molecule has 16 heavy (non-hydrogen) atoms. The van der Waals surface area contributed by atoms with Crippen LogP contribution in [0.15, 0.2) is 11.6 Å². The molecule has 1 fully saturated rings. The fourth-order valence-electron chi connectivity index (χ4n) is 2.11. The van der Waals surface area contributed by atoms with E-state index in [0.717, 1.165) is 25.0 Å². The van der Waals surface area contributed by atoms with Crippen LogP contribution in [-0.4, -0.2) is 34.6 Å². The van der Waals surface area contributed by atoms with Crippen LogP contribution in [-0.2, 0) is 4.79 Å². The number of rotatable bonds is 2. The lowest BCUT2D eigenvalue weighted by molar-refractivity contribution is -0.131. The monoisotopic (exact) mass is 225 g/mol. The van der Waals surface area contributed by atoms with Crippen LogP contribution in [0.25, 0.3) is 0 Å². The lowest BCUT2D eigenvalue weighted by Crippen LogP contribution is -2.47. The van der Waals surface area contributed by atoms with Gasteiger partial charge >= 0.3 is 0 Å². The van der Waals surface area contributed by atoms with E-state index in [4.69, 9.17) is 0 Å². The number of carbonyl (C=O) groups is 1. The zero-order valence-electron chi connectivity index (χ0n) is 10.8. The minimum atomic E-state index is -0.692. The molecule has 3 nitrogen and oxygen atoms in total. The molecule has 3 heteroatoms. The Bertz CT molecular complexity index is 289. The van der Waals surface area contributed by atoms with Crippen molar-refractivity contribution in [1.82, 2.24) is 4.90 Å². The number of allylic oxidation sites excluding steroid dienone is 1. The summed E-state index contributed by atoms with van der Waals surface area (Å²) in [6.07, 6.45) is 3.83. The van der Waals surface area contributed by atoms with Crippen molar-refractivity contribution in [2.24, 2.45) is 5.92 Å². The predicted molar refractivity (Wildman–Crippen MR) is 65.0 cm³/mol. The van der Waals surface area contributed by atoms with E-state index in [1.54, 1.807) is 0 Å². The quantitative estimate of drug-likeness (QED) is 0.730. The lowest BCUT2D eigenvalue weighted by atomic mass is 9.84. The Kier molecular flexibility index (Phi) is 4.14. The van der Waals surface area contributed by atoms with Gasteiger partial charge in [0, 0.05) is 24.6 Å². The smallest absolute Gasteiger partial charge is 0.249 e. The molecule has 0 aliphatic carbocycles. The molecule has 1 rings (SSSR count). The first-order chi connectivity index (χ1) is 7.36. The molecule has 92 valence electrons. The van der Waals surface area contributed by atoms with Gasteiger partial charge in [0.1, 0.15) is 0 Å². The molecule has 1 aliphatic heterocycles. The van der Waals surface area contributed by atoms with Gasteiger partial charge in [0.2, 0.25) is 5.91 Å². The fraction of sp³-hybridized carbons (Fsp3) is 0.769. The van der Waals surface area contributed by atoms with Crippen molar-refractivity contribution in [1.29, 1.82) is 0 Å². The summed E-state index contributed by atoms with van der Waals surface area (Å²) < 4.78 is 0. The van der Waals surface area contributed by atoms with E-state index in [1.165, 1.54) is 0 Å². The van der Waals surface area contributed by atoms with Gasteiger partial charge in [0.15, 0.2) is 0 Å². The number of piperidine rings is 1. The van der Waals surface area contributed by atoms with Gasteiger partial charge in [-0.05, 0) is 40.5 Å². The van der Waals surface area contributed by atoms with E-state index in [9.17, 15) is 9.90 Å². The van der Waals surface area contributed by atoms with Crippen molar-refractivity contribution in [3.63, 3.8) is 0 Å². The molecule has 0 saturated carbocycles. The van der Waals surface area contributed by atoms with Gasteiger partial charge in [-0.2, -0.15) is 0 Å². The first-order valence-corrected chi connectivity index (χ1v) is 6.00. The second kappa shape index (κ2) is 5.00. The first kappa shape index (κ1) is 13.2. The molecule has 0 spiro atoms. The van der Waals surface area contributed by atoms with Gasteiger partial charge in [-0.3, -0.25) is 4.79 Å². The molecule has 1 heterocycles. The molecule has 1 atom stereocenters. The predicted octanol–water partition coefficient (Wildman–Crippen LogP) is 1.96. The summed E-state index contributed by atoms with van der Waals surface area (Å²) in [5.74, 6) is 0.298. The highest BCUT2D eigenvalue weighted by molar-refractivity contribution is 5.92. The van der Waals surface area contributed by atoms with E-state index in [0.29, 0.717) is 6.54 Å². The molecule has 1 saturated heterocycles. The summed E-state index contributed by atoms with van der Waals surface area (Å²) in [6.45, 7) is 8.87. The van der Waals surface area contributed by atoms with E-state index in [1.807, 2.05) is 38.7 Å². The Balaban J connectivity index is 2.68. The van der Waals surface area contributed by atoms with Crippen molar-refractivity contribution in [3.05, 3.63) is 11.6 Å². The zero-order valence-corrected chi connectivity index (χ0v) is 10.8. The Hall–Kier alpha value is -0.830. The fourth-order valence-corrected chi connectivity index (χ4v) is 2.11. The number of nitrogens with zero attached hydrogens (tertiary/aromatic N) is 1. The van der Waals surface area contributed by atoms with Gasteiger partial charge in [-0.15, -0.1) is 0 Å². The molecule has 1 amide bonds. The molecule has 0 aromatic carbocycles. The molecule has 1 aliphatic rings. The highest BCUT2D eigenvalue weighted by Gasteiger charge is 2.33. The molecule has 0 aromatic heterocycles. The second-order valence-corrected chi connectivity index (χ2v) is 5.22. The van der Waals surface area contributed by atoms with E-state index in [-0.39, 0.29) is 11.8 Å². The van der Waals surface area contributed by atoms with Crippen molar-refractivity contribution >= 4 is 5.91 Å². The maximum Gasteiger partial charge on any atom is 0.249 e. The summed E-state index contributed by atoms with van der Waals surface area (Å²) in [5, 5.41) is 9.99. The van der Waals surface area contributed by atoms with Crippen molar-refractivity contribution in [2.75, 3.05) is 13.1 Å². The molecular weight excluding hydrogens is 202 g/mol. The van der Waals surface area contributed by atoms with Gasteiger partial charge in [-0.25, -0.2) is 0 Å². The molecular formula is C13H23NO2. The van der Waals surface area contributed by atoms with Crippen LogP contribution >= 0.6 is 0 Å². The minimum absolute atomic E-state index is 0.108. The Morgan fingerprint density at radius 3 is 2.62 bits per heavy atom. The summed E-state index contributed by atoms with van der Waals surface area (Å²) in [4.78, 5) is 13.8. The Morgan fingerprint density at radius 2 is 2.12 bits per heavy atom. The van der Waals surface area contributed by atoms with Gasteiger partial charge < -0.3 is 10.0 Å². The summed E-state index contributed by atoms with van der Waals surface area (Å²) in [5.41, 5.74) is 0.0966. The maximum absolute atomic E-state index is 12.0. The third kappa shape index (κ3) is 3.08. The number of aliphatic hydroxyl groups is 1. The Labute approximate surface area is 98.1 Å². The average molecular weight is 225 g/mol. The average Bonchev–Trinajstić information content (AvgIpc) is 2.26. The maximum atomic E-state index is 12.0. The lowest BCUT2D eigenvalue weighted by Gasteiger charge is -2.38. The summed E-state index contributed by atoms with van der Waals surface area (Å²) in [6, 6.07) is 0. The second-order valence-electron chi connectivity index (χ2n) is 5.22. The molecule has 0 aromatic rings. The van der Waals surface area contributed by atoms with Crippen molar-refractivity contribution in [3.8, 4) is 0 Å². The topological polar surface area (TPSA) is 40.5 Å². The summed E-state index contributed by atoms with van der Waals surface area (Å²) >= 11 is 0. The number of hydrogen-bond acceptors (Lipinski definition) is 2. The Morgan fingerprint density at radius 1 is 1.50 bits per heavy atom. The molecule has 1 unspecified atom stereocenters. The highest BCUT2D eigenvalue weighted by atomic mass is 16.3. The van der Waals surface area contributed by atoms with Crippen LogP contribution in [0.1, 0.15) is 40.5 Å². The third-order valence-electron chi connectivity index (χ3n) is 3.48. The normalized spacial score (nSPS) is 23.4. The molecule has 0 radical (unpaired) electrons. The largest absolute Gasteiger partial charge is 0.390 e. The van der Waals surface area contributed by atoms with E-state index >= 15 is 0 Å².